The number of halogens is 1. The summed E-state index contributed by atoms with van der Waals surface area (Å²) in [5.74, 6) is -0.148. The summed E-state index contributed by atoms with van der Waals surface area (Å²) in [5, 5.41) is 0. The highest BCUT2D eigenvalue weighted by atomic mass is 19.1. The molecule has 0 bridgehead atoms. The van der Waals surface area contributed by atoms with Gasteiger partial charge in [-0.25, -0.2) is 4.39 Å². The second-order valence-electron chi connectivity index (χ2n) is 8.63. The second kappa shape index (κ2) is 7.94. The molecule has 3 fully saturated rings. The largest absolute Gasteiger partial charge is 0.496 e. The monoisotopic (exact) mass is 403 g/mol. The highest BCUT2D eigenvalue weighted by molar-refractivity contribution is 5.98. The van der Waals surface area contributed by atoms with Crippen molar-refractivity contribution in [2.24, 2.45) is 5.41 Å². The van der Waals surface area contributed by atoms with Gasteiger partial charge in [-0.2, -0.15) is 0 Å². The molecule has 1 aromatic rings. The third kappa shape index (κ3) is 3.50. The Morgan fingerprint density at radius 3 is 2.59 bits per heavy atom. The lowest BCUT2D eigenvalue weighted by atomic mass is 9.67. The number of carbonyl (C=O) groups is 2. The molecule has 6 nitrogen and oxygen atoms in total. The van der Waals surface area contributed by atoms with Crippen LogP contribution in [0, 0.1) is 11.2 Å². The van der Waals surface area contributed by atoms with Crippen molar-refractivity contribution in [1.82, 2.24) is 14.7 Å². The third-order valence-corrected chi connectivity index (χ3v) is 6.93. The zero-order chi connectivity index (χ0) is 20.6. The summed E-state index contributed by atoms with van der Waals surface area (Å²) in [5.41, 5.74) is -0.309. The first-order chi connectivity index (χ1) is 14.0. The van der Waals surface area contributed by atoms with Gasteiger partial charge in [0.2, 0.25) is 5.91 Å². The minimum atomic E-state index is -0.536. The Bertz CT molecular complexity index is 796. The fourth-order valence-corrected chi connectivity index (χ4v) is 5.36. The number of likely N-dealkylation sites (N-methyl/N-ethyl adjacent to an activating group) is 1. The van der Waals surface area contributed by atoms with Gasteiger partial charge >= 0.3 is 0 Å². The molecule has 7 heteroatoms. The molecular formula is C22H30FN3O3. The van der Waals surface area contributed by atoms with Gasteiger partial charge in [0.15, 0.2) is 0 Å². The van der Waals surface area contributed by atoms with E-state index in [0.717, 1.165) is 51.7 Å². The van der Waals surface area contributed by atoms with Crippen molar-refractivity contribution in [2.45, 2.75) is 38.1 Å². The van der Waals surface area contributed by atoms with Crippen molar-refractivity contribution in [1.29, 1.82) is 0 Å². The Morgan fingerprint density at radius 2 is 1.86 bits per heavy atom. The average molecular weight is 403 g/mol. The molecule has 29 heavy (non-hydrogen) atoms. The van der Waals surface area contributed by atoms with Crippen molar-refractivity contribution in [3.8, 4) is 5.75 Å². The van der Waals surface area contributed by atoms with Crippen molar-refractivity contribution in [3.05, 3.63) is 29.6 Å². The first-order valence-corrected chi connectivity index (χ1v) is 10.6. The van der Waals surface area contributed by atoms with Crippen LogP contribution < -0.4 is 4.74 Å². The van der Waals surface area contributed by atoms with Crippen LogP contribution in [0.15, 0.2) is 18.2 Å². The minimum Gasteiger partial charge on any atom is -0.496 e. The van der Waals surface area contributed by atoms with E-state index >= 15 is 0 Å². The molecule has 4 rings (SSSR count). The Morgan fingerprint density at radius 1 is 1.10 bits per heavy atom. The van der Waals surface area contributed by atoms with E-state index in [-0.39, 0.29) is 23.4 Å². The number of nitrogens with zero attached hydrogens (tertiary/aromatic N) is 3. The minimum absolute atomic E-state index is 0.205. The lowest BCUT2D eigenvalue weighted by Crippen LogP contribution is -2.66. The Hall–Kier alpha value is -2.15. The summed E-state index contributed by atoms with van der Waals surface area (Å²) in [4.78, 5) is 33.1. The molecule has 3 saturated heterocycles. The van der Waals surface area contributed by atoms with E-state index in [1.54, 1.807) is 0 Å². The summed E-state index contributed by atoms with van der Waals surface area (Å²) in [7, 11) is 3.51. The van der Waals surface area contributed by atoms with Gasteiger partial charge in [0.25, 0.3) is 5.91 Å². The van der Waals surface area contributed by atoms with Gasteiger partial charge in [-0.15, -0.1) is 0 Å². The zero-order valence-corrected chi connectivity index (χ0v) is 17.3. The number of carbonyl (C=O) groups excluding carboxylic acids is 2. The number of fused-ring (bicyclic) bond motifs is 1. The van der Waals surface area contributed by atoms with E-state index in [9.17, 15) is 14.0 Å². The topological polar surface area (TPSA) is 53.1 Å². The summed E-state index contributed by atoms with van der Waals surface area (Å²) < 4.78 is 19.2. The quantitative estimate of drug-likeness (QED) is 0.778. The molecule has 3 aliphatic heterocycles. The van der Waals surface area contributed by atoms with Gasteiger partial charge in [-0.05, 0) is 63.9 Å². The molecule has 0 spiro atoms. The van der Waals surface area contributed by atoms with E-state index in [1.165, 1.54) is 25.3 Å². The van der Waals surface area contributed by atoms with Crippen LogP contribution in [0.5, 0.6) is 5.75 Å². The highest BCUT2D eigenvalue weighted by Crippen LogP contribution is 2.45. The van der Waals surface area contributed by atoms with Crippen LogP contribution in [0.4, 0.5) is 4.39 Å². The van der Waals surface area contributed by atoms with Crippen molar-refractivity contribution >= 4 is 11.8 Å². The fraction of sp³-hybridized carbons (Fsp3) is 0.636. The van der Waals surface area contributed by atoms with Gasteiger partial charge in [0.1, 0.15) is 11.6 Å². The van der Waals surface area contributed by atoms with Crippen LogP contribution in [0.25, 0.3) is 0 Å². The summed E-state index contributed by atoms with van der Waals surface area (Å²) in [6, 6.07) is 3.82. The number of hydrogen-bond donors (Lipinski definition) is 0. The first kappa shape index (κ1) is 20.1. The van der Waals surface area contributed by atoms with Gasteiger partial charge in [-0.1, -0.05) is 0 Å². The molecule has 3 aliphatic rings. The Kier molecular flexibility index (Phi) is 5.51. The number of ether oxygens (including phenoxy) is 1. The smallest absolute Gasteiger partial charge is 0.258 e. The van der Waals surface area contributed by atoms with Crippen LogP contribution in [-0.2, 0) is 4.79 Å². The zero-order valence-electron chi connectivity index (χ0n) is 17.3. The maximum Gasteiger partial charge on any atom is 0.258 e. The van der Waals surface area contributed by atoms with Crippen LogP contribution in [0.3, 0.4) is 0 Å². The molecule has 3 heterocycles. The number of benzene rings is 1. The van der Waals surface area contributed by atoms with Crippen molar-refractivity contribution in [2.75, 3.05) is 46.9 Å². The van der Waals surface area contributed by atoms with E-state index < -0.39 is 11.2 Å². The van der Waals surface area contributed by atoms with Crippen LogP contribution >= 0.6 is 0 Å². The standard InChI is InChI=1S/C22H30FN3O3/c1-24-13-9-22(21(28)25-10-3-4-11-25)8-5-12-26(19(22)15-24)20(27)17-14-16(23)6-7-18(17)29-2/h6-7,14,19H,3-5,8-13,15H2,1-2H3/t19-,22+/m0/s1. The van der Waals surface area contributed by atoms with E-state index in [1.807, 2.05) is 16.8 Å². The molecule has 0 radical (unpaired) electrons. The molecule has 0 saturated carbocycles. The summed E-state index contributed by atoms with van der Waals surface area (Å²) in [6.45, 7) is 3.71. The van der Waals surface area contributed by atoms with Crippen LogP contribution in [0.2, 0.25) is 0 Å². The maximum absolute atomic E-state index is 13.9. The van der Waals surface area contributed by atoms with Gasteiger partial charge in [0, 0.05) is 26.2 Å². The van der Waals surface area contributed by atoms with Crippen LogP contribution in [-0.4, -0.2) is 79.4 Å². The van der Waals surface area contributed by atoms with E-state index in [0.29, 0.717) is 18.8 Å². The lowest BCUT2D eigenvalue weighted by Gasteiger charge is -2.54. The van der Waals surface area contributed by atoms with E-state index in [4.69, 9.17) is 4.74 Å². The fourth-order valence-electron chi connectivity index (χ4n) is 5.36. The predicted octanol–water partition coefficient (Wildman–Crippen LogP) is 2.38. The van der Waals surface area contributed by atoms with Gasteiger partial charge in [-0.3, -0.25) is 9.59 Å². The first-order valence-electron chi connectivity index (χ1n) is 10.6. The summed E-state index contributed by atoms with van der Waals surface area (Å²) >= 11 is 0. The van der Waals surface area contributed by atoms with E-state index in [2.05, 4.69) is 4.90 Å². The normalized spacial score (nSPS) is 27.6. The highest BCUT2D eigenvalue weighted by Gasteiger charge is 2.55. The number of rotatable bonds is 3. The van der Waals surface area contributed by atoms with Gasteiger partial charge < -0.3 is 19.4 Å². The Balaban J connectivity index is 1.69. The molecular weight excluding hydrogens is 373 g/mol. The molecule has 2 amide bonds. The molecule has 2 atom stereocenters. The van der Waals surface area contributed by atoms with Gasteiger partial charge in [0.05, 0.1) is 24.1 Å². The molecule has 0 aromatic heterocycles. The van der Waals surface area contributed by atoms with Crippen molar-refractivity contribution < 1.29 is 18.7 Å². The van der Waals surface area contributed by atoms with Crippen molar-refractivity contribution in [3.63, 3.8) is 0 Å². The SMILES string of the molecule is COc1ccc(F)cc1C(=O)N1CCC[C@@]2(C(=O)N3CCCC3)CCN(C)C[C@H]12. The maximum atomic E-state index is 13.9. The molecule has 158 valence electrons. The van der Waals surface area contributed by atoms with Crippen LogP contribution in [0.1, 0.15) is 42.5 Å². The molecule has 0 unspecified atom stereocenters. The lowest BCUT2D eigenvalue weighted by molar-refractivity contribution is -0.152. The number of piperidine rings is 2. The number of hydrogen-bond acceptors (Lipinski definition) is 4. The number of amides is 2. The predicted molar refractivity (Wildman–Crippen MR) is 107 cm³/mol. The average Bonchev–Trinajstić information content (AvgIpc) is 3.27. The Labute approximate surface area is 171 Å². The number of likely N-dealkylation sites (tertiary alicyclic amines) is 3. The molecule has 0 N–H and O–H groups in total. The third-order valence-electron chi connectivity index (χ3n) is 6.93. The second-order valence-corrected chi connectivity index (χ2v) is 8.63. The summed E-state index contributed by atoms with van der Waals surface area (Å²) in [6.07, 6.45) is 4.45. The molecule has 1 aromatic carbocycles. The number of methoxy groups -OCH3 is 1. The molecule has 0 aliphatic carbocycles.